The number of rotatable bonds is 6. The van der Waals surface area contributed by atoms with E-state index in [1.54, 1.807) is 0 Å². The van der Waals surface area contributed by atoms with Crippen molar-refractivity contribution in [2.24, 2.45) is 13.0 Å². The fourth-order valence-corrected chi connectivity index (χ4v) is 1.74. The van der Waals surface area contributed by atoms with Crippen LogP contribution in [0, 0.1) is 5.92 Å². The molecule has 0 aliphatic heterocycles. The summed E-state index contributed by atoms with van der Waals surface area (Å²) in [6, 6.07) is 0. The van der Waals surface area contributed by atoms with Gasteiger partial charge in [0.25, 0.3) is 5.82 Å². The lowest BCUT2D eigenvalue weighted by Gasteiger charge is -2.08. The number of hydrogen-bond donors (Lipinski definition) is 2. The molecule has 0 saturated heterocycles. The summed E-state index contributed by atoms with van der Waals surface area (Å²) in [5.74, 6) is 0.196. The summed E-state index contributed by atoms with van der Waals surface area (Å²) in [4.78, 5) is 14.0. The van der Waals surface area contributed by atoms with Gasteiger partial charge in [-0.3, -0.25) is 4.79 Å². The first-order chi connectivity index (χ1) is 7.15. The molecule has 1 atom stereocenters. The van der Waals surface area contributed by atoms with E-state index in [0.29, 0.717) is 6.42 Å². The van der Waals surface area contributed by atoms with Gasteiger partial charge in [-0.1, -0.05) is 13.3 Å². The Balaban J connectivity index is 0.00000225. The molecule has 1 heterocycles. The standard InChI is InChI=1S/C11H18N2O2.ClH/c1-3-4-9(11(14)15)5-6-10-12-7-8-13(10)2;/h7-9H,3-6H2,1-2H3,(H,14,15);1H. The van der Waals surface area contributed by atoms with E-state index >= 15 is 0 Å². The molecule has 0 amide bonds. The number of nitrogens with one attached hydrogen (secondary N) is 1. The average molecular weight is 247 g/mol. The highest BCUT2D eigenvalue weighted by Crippen LogP contribution is 2.13. The van der Waals surface area contributed by atoms with Crippen molar-refractivity contribution in [2.75, 3.05) is 0 Å². The number of carbonyl (C=O) groups is 1. The van der Waals surface area contributed by atoms with Crippen LogP contribution in [0.15, 0.2) is 12.4 Å². The van der Waals surface area contributed by atoms with Crippen LogP contribution >= 0.6 is 0 Å². The summed E-state index contributed by atoms with van der Waals surface area (Å²) in [7, 11) is 1.96. The molecule has 1 rings (SSSR count). The van der Waals surface area contributed by atoms with Crippen LogP contribution < -0.4 is 17.0 Å². The minimum atomic E-state index is -0.675. The molecule has 92 valence electrons. The molecule has 1 aromatic rings. The maximum atomic E-state index is 10.9. The number of H-pyrrole nitrogens is 1. The summed E-state index contributed by atoms with van der Waals surface area (Å²) in [6.07, 6.45) is 6.99. The molecule has 0 bridgehead atoms. The second kappa shape index (κ2) is 7.28. The van der Waals surface area contributed by atoms with Crippen molar-refractivity contribution in [2.45, 2.75) is 32.6 Å². The minimum Gasteiger partial charge on any atom is -1.00 e. The zero-order valence-electron chi connectivity index (χ0n) is 9.74. The topological polar surface area (TPSA) is 57.0 Å². The molecule has 0 aromatic carbocycles. The number of imidazole rings is 1. The second-order valence-electron chi connectivity index (χ2n) is 3.88. The molecule has 1 aromatic heterocycles. The van der Waals surface area contributed by atoms with Crippen LogP contribution in [-0.2, 0) is 18.3 Å². The minimum absolute atomic E-state index is 0. The number of hydrogen-bond acceptors (Lipinski definition) is 1. The second-order valence-corrected chi connectivity index (χ2v) is 3.88. The van der Waals surface area contributed by atoms with E-state index in [1.165, 1.54) is 0 Å². The van der Waals surface area contributed by atoms with E-state index in [9.17, 15) is 4.79 Å². The molecule has 5 heteroatoms. The number of carboxylic acids is 1. The quantitative estimate of drug-likeness (QED) is 0.587. The lowest BCUT2D eigenvalue weighted by Crippen LogP contribution is -3.00. The monoisotopic (exact) mass is 246 g/mol. The molecule has 16 heavy (non-hydrogen) atoms. The van der Waals surface area contributed by atoms with Gasteiger partial charge in [-0.25, -0.2) is 9.55 Å². The number of aryl methyl sites for hydroxylation is 2. The Bertz CT molecular complexity index is 326. The molecule has 0 fully saturated rings. The Morgan fingerprint density at radius 3 is 2.69 bits per heavy atom. The number of carboxylic acid groups (broad SMARTS) is 1. The van der Waals surface area contributed by atoms with Crippen LogP contribution in [0.2, 0.25) is 0 Å². The van der Waals surface area contributed by atoms with Crippen LogP contribution in [0.25, 0.3) is 0 Å². The lowest BCUT2D eigenvalue weighted by molar-refractivity contribution is -0.677. The SMILES string of the molecule is CCCC(CCc1[nH]cc[n+]1C)C(=O)O.[Cl-]. The van der Waals surface area contributed by atoms with Crippen LogP contribution in [0.4, 0.5) is 0 Å². The molecule has 0 aliphatic carbocycles. The van der Waals surface area contributed by atoms with Gasteiger partial charge in [-0.05, 0) is 12.8 Å². The van der Waals surface area contributed by atoms with Crippen LogP contribution in [0.3, 0.4) is 0 Å². The Morgan fingerprint density at radius 2 is 2.25 bits per heavy atom. The van der Waals surface area contributed by atoms with Gasteiger partial charge in [0.2, 0.25) is 0 Å². The molecule has 1 unspecified atom stereocenters. The fourth-order valence-electron chi connectivity index (χ4n) is 1.74. The Hall–Kier alpha value is -1.03. The van der Waals surface area contributed by atoms with Gasteiger partial charge in [0, 0.05) is 6.42 Å². The summed E-state index contributed by atoms with van der Waals surface area (Å²) in [6.45, 7) is 2.02. The van der Waals surface area contributed by atoms with Gasteiger partial charge in [0.15, 0.2) is 0 Å². The Morgan fingerprint density at radius 1 is 1.56 bits per heavy atom. The molecule has 0 radical (unpaired) electrons. The average Bonchev–Trinajstić information content (AvgIpc) is 2.58. The van der Waals surface area contributed by atoms with E-state index in [0.717, 1.165) is 25.1 Å². The van der Waals surface area contributed by atoms with Gasteiger partial charge < -0.3 is 17.5 Å². The van der Waals surface area contributed by atoms with Crippen molar-refractivity contribution in [3.8, 4) is 0 Å². The summed E-state index contributed by atoms with van der Waals surface area (Å²) in [5, 5.41) is 8.99. The zero-order valence-corrected chi connectivity index (χ0v) is 10.5. The number of aliphatic carboxylic acids is 1. The molecule has 0 spiro atoms. The smallest absolute Gasteiger partial charge is 0.306 e. The van der Waals surface area contributed by atoms with Gasteiger partial charge in [0.1, 0.15) is 12.4 Å². The number of aromatic amines is 1. The molecular formula is C11H19ClN2O2. The van der Waals surface area contributed by atoms with Crippen molar-refractivity contribution in [3.63, 3.8) is 0 Å². The maximum Gasteiger partial charge on any atom is 0.306 e. The van der Waals surface area contributed by atoms with Crippen molar-refractivity contribution < 1.29 is 26.9 Å². The van der Waals surface area contributed by atoms with Crippen LogP contribution in [0.5, 0.6) is 0 Å². The Labute approximate surface area is 102 Å². The third-order valence-electron chi connectivity index (χ3n) is 2.69. The first-order valence-corrected chi connectivity index (χ1v) is 5.39. The van der Waals surface area contributed by atoms with Gasteiger partial charge in [-0.2, -0.15) is 0 Å². The predicted octanol–water partition coefficient (Wildman–Crippen LogP) is -1.72. The predicted molar refractivity (Wildman–Crippen MR) is 56.3 cm³/mol. The zero-order chi connectivity index (χ0) is 11.3. The lowest BCUT2D eigenvalue weighted by atomic mass is 9.98. The molecule has 0 aliphatic rings. The van der Waals surface area contributed by atoms with E-state index < -0.39 is 5.97 Å². The Kier molecular flexibility index (Phi) is 6.81. The first kappa shape index (κ1) is 15.0. The molecular weight excluding hydrogens is 228 g/mol. The highest BCUT2D eigenvalue weighted by molar-refractivity contribution is 5.69. The van der Waals surface area contributed by atoms with E-state index in [1.807, 2.05) is 30.9 Å². The highest BCUT2D eigenvalue weighted by Gasteiger charge is 2.18. The van der Waals surface area contributed by atoms with Gasteiger partial charge in [0.05, 0.1) is 13.0 Å². The summed E-state index contributed by atoms with van der Waals surface area (Å²) in [5.41, 5.74) is 0. The number of aromatic nitrogens is 2. The van der Waals surface area contributed by atoms with E-state index in [-0.39, 0.29) is 18.3 Å². The van der Waals surface area contributed by atoms with Crippen LogP contribution in [-0.4, -0.2) is 16.1 Å². The molecule has 2 N–H and O–H groups in total. The number of nitrogens with zero attached hydrogens (tertiary/aromatic N) is 1. The molecule has 0 saturated carbocycles. The largest absolute Gasteiger partial charge is 1.00 e. The van der Waals surface area contributed by atoms with Crippen molar-refractivity contribution in [3.05, 3.63) is 18.2 Å². The van der Waals surface area contributed by atoms with Crippen molar-refractivity contribution >= 4 is 5.97 Å². The normalized spacial score (nSPS) is 11.9. The van der Waals surface area contributed by atoms with E-state index in [4.69, 9.17) is 5.11 Å². The van der Waals surface area contributed by atoms with E-state index in [2.05, 4.69) is 4.98 Å². The summed E-state index contributed by atoms with van der Waals surface area (Å²) >= 11 is 0. The summed E-state index contributed by atoms with van der Waals surface area (Å²) < 4.78 is 1.99. The van der Waals surface area contributed by atoms with Crippen molar-refractivity contribution in [1.29, 1.82) is 0 Å². The third kappa shape index (κ3) is 4.23. The molecule has 4 nitrogen and oxygen atoms in total. The van der Waals surface area contributed by atoms with Crippen LogP contribution in [0.1, 0.15) is 32.0 Å². The number of halogens is 1. The van der Waals surface area contributed by atoms with Gasteiger partial charge in [-0.15, -0.1) is 0 Å². The fraction of sp³-hybridized carbons (Fsp3) is 0.636. The van der Waals surface area contributed by atoms with Gasteiger partial charge >= 0.3 is 5.97 Å². The first-order valence-electron chi connectivity index (χ1n) is 5.39. The highest BCUT2D eigenvalue weighted by atomic mass is 35.5. The maximum absolute atomic E-state index is 10.9. The van der Waals surface area contributed by atoms with Crippen molar-refractivity contribution in [1.82, 2.24) is 4.98 Å². The third-order valence-corrected chi connectivity index (χ3v) is 2.69.